The molecule has 0 rings (SSSR count). The minimum Gasteiger partial charge on any atom is -0.481 e. The van der Waals surface area contributed by atoms with Crippen molar-refractivity contribution in [1.29, 1.82) is 0 Å². The van der Waals surface area contributed by atoms with Gasteiger partial charge in [-0.15, -0.1) is 0 Å². The van der Waals surface area contributed by atoms with Crippen LogP contribution in [0.2, 0.25) is 0 Å². The van der Waals surface area contributed by atoms with Crippen LogP contribution in [0, 0.1) is 5.41 Å². The van der Waals surface area contributed by atoms with Gasteiger partial charge in [0.2, 0.25) is 0 Å². The summed E-state index contributed by atoms with van der Waals surface area (Å²) in [7, 11) is 1.73. The summed E-state index contributed by atoms with van der Waals surface area (Å²) in [6, 6.07) is 0. The topological polar surface area (TPSA) is 58.6 Å². The molecule has 0 heterocycles. The molecule has 0 atom stereocenters. The summed E-state index contributed by atoms with van der Waals surface area (Å²) in [4.78, 5) is 10.5. The average molecular weight is 259 g/mol. The maximum Gasteiger partial charge on any atom is 0.303 e. The third-order valence-corrected chi connectivity index (χ3v) is 3.45. The number of carbonyl (C=O) groups is 1. The van der Waals surface area contributed by atoms with Gasteiger partial charge in [0.1, 0.15) is 0 Å². The van der Waals surface area contributed by atoms with Crippen LogP contribution in [-0.2, 0) is 9.53 Å². The number of aliphatic carboxylic acids is 1. The minimum absolute atomic E-state index is 0.0776. The van der Waals surface area contributed by atoms with E-state index in [1.165, 1.54) is 0 Å². The molecule has 0 bridgehead atoms. The van der Waals surface area contributed by atoms with Crippen molar-refractivity contribution in [2.24, 2.45) is 5.41 Å². The first-order valence-electron chi connectivity index (χ1n) is 6.66. The number of hydrogen-bond acceptors (Lipinski definition) is 3. The maximum atomic E-state index is 10.5. The predicted octanol–water partition coefficient (Wildman–Crippen LogP) is 2.67. The average Bonchev–Trinajstić information content (AvgIpc) is 2.26. The predicted molar refractivity (Wildman–Crippen MR) is 73.8 cm³/mol. The van der Waals surface area contributed by atoms with Gasteiger partial charge in [-0.05, 0) is 51.6 Å². The summed E-state index contributed by atoms with van der Waals surface area (Å²) in [6.45, 7) is 10.2. The lowest BCUT2D eigenvalue weighted by molar-refractivity contribution is -0.137. The lowest BCUT2D eigenvalue weighted by atomic mass is 9.84. The second-order valence-electron chi connectivity index (χ2n) is 6.27. The van der Waals surface area contributed by atoms with Gasteiger partial charge in [0.05, 0.1) is 5.60 Å². The summed E-state index contributed by atoms with van der Waals surface area (Å²) in [5.41, 5.74) is 0.00793. The van der Waals surface area contributed by atoms with Crippen molar-refractivity contribution in [2.75, 3.05) is 20.2 Å². The third-order valence-electron chi connectivity index (χ3n) is 3.45. The van der Waals surface area contributed by atoms with E-state index >= 15 is 0 Å². The van der Waals surface area contributed by atoms with E-state index in [4.69, 9.17) is 9.84 Å². The van der Waals surface area contributed by atoms with E-state index in [2.05, 4.69) is 33.0 Å². The molecule has 2 N–H and O–H groups in total. The van der Waals surface area contributed by atoms with Crippen LogP contribution in [-0.4, -0.2) is 36.9 Å². The smallest absolute Gasteiger partial charge is 0.303 e. The first-order chi connectivity index (χ1) is 8.18. The molecule has 0 aromatic heterocycles. The molecular weight excluding hydrogens is 230 g/mol. The fraction of sp³-hybridized carbons (Fsp3) is 0.929. The van der Waals surface area contributed by atoms with Crippen LogP contribution in [0.15, 0.2) is 0 Å². The number of rotatable bonds is 10. The zero-order valence-corrected chi connectivity index (χ0v) is 12.5. The molecule has 0 saturated heterocycles. The summed E-state index contributed by atoms with van der Waals surface area (Å²) in [5, 5.41) is 12.1. The number of methoxy groups -OCH3 is 1. The standard InChI is InChI=1S/C14H29NO3/c1-13(2,7-6-12(16)17)8-10-15-11-9-14(3,4)18-5/h15H,6-11H2,1-5H3,(H,16,17). The Bertz CT molecular complexity index is 249. The maximum absolute atomic E-state index is 10.5. The monoisotopic (exact) mass is 259 g/mol. The first kappa shape index (κ1) is 17.4. The zero-order chi connectivity index (χ0) is 14.2. The molecule has 4 nitrogen and oxygen atoms in total. The van der Waals surface area contributed by atoms with Crippen LogP contribution in [0.3, 0.4) is 0 Å². The minimum atomic E-state index is -0.710. The van der Waals surface area contributed by atoms with E-state index in [1.54, 1.807) is 7.11 Å². The second kappa shape index (κ2) is 7.74. The molecule has 0 aliphatic rings. The Hall–Kier alpha value is -0.610. The second-order valence-corrected chi connectivity index (χ2v) is 6.27. The number of nitrogens with one attached hydrogen (secondary N) is 1. The van der Waals surface area contributed by atoms with Crippen molar-refractivity contribution in [1.82, 2.24) is 5.32 Å². The van der Waals surface area contributed by atoms with Crippen LogP contribution in [0.4, 0.5) is 0 Å². The van der Waals surface area contributed by atoms with Crippen molar-refractivity contribution in [3.05, 3.63) is 0 Å². The van der Waals surface area contributed by atoms with Gasteiger partial charge in [0, 0.05) is 13.5 Å². The first-order valence-corrected chi connectivity index (χ1v) is 6.66. The number of carboxylic acids is 1. The van der Waals surface area contributed by atoms with E-state index in [0.717, 1.165) is 32.4 Å². The largest absolute Gasteiger partial charge is 0.481 e. The van der Waals surface area contributed by atoms with E-state index in [1.807, 2.05) is 0 Å². The summed E-state index contributed by atoms with van der Waals surface area (Å²) < 4.78 is 5.34. The molecule has 0 aromatic carbocycles. The van der Waals surface area contributed by atoms with Crippen LogP contribution in [0.1, 0.15) is 53.4 Å². The van der Waals surface area contributed by atoms with E-state index in [0.29, 0.717) is 0 Å². The van der Waals surface area contributed by atoms with E-state index in [9.17, 15) is 4.79 Å². The molecule has 0 aliphatic carbocycles. The molecular formula is C14H29NO3. The Morgan fingerprint density at radius 1 is 1.11 bits per heavy atom. The van der Waals surface area contributed by atoms with E-state index in [-0.39, 0.29) is 17.4 Å². The van der Waals surface area contributed by atoms with Crippen molar-refractivity contribution in [3.8, 4) is 0 Å². The van der Waals surface area contributed by atoms with Crippen LogP contribution in [0.25, 0.3) is 0 Å². The SMILES string of the molecule is COC(C)(C)CCNCCC(C)(C)CCC(=O)O. The van der Waals surface area contributed by atoms with Crippen molar-refractivity contribution in [2.45, 2.75) is 59.0 Å². The molecule has 0 unspecified atom stereocenters. The van der Waals surface area contributed by atoms with Gasteiger partial charge in [-0.1, -0.05) is 13.8 Å². The van der Waals surface area contributed by atoms with Crippen LogP contribution >= 0.6 is 0 Å². The van der Waals surface area contributed by atoms with Gasteiger partial charge < -0.3 is 15.2 Å². The Labute approximate surface area is 111 Å². The Morgan fingerprint density at radius 3 is 2.17 bits per heavy atom. The lowest BCUT2D eigenvalue weighted by Crippen LogP contribution is -2.30. The molecule has 4 heteroatoms. The summed E-state index contributed by atoms with van der Waals surface area (Å²) in [5.74, 6) is -0.710. The molecule has 0 spiro atoms. The molecule has 0 radical (unpaired) electrons. The summed E-state index contributed by atoms with van der Waals surface area (Å²) >= 11 is 0. The quantitative estimate of drug-likeness (QED) is 0.592. The van der Waals surface area contributed by atoms with Gasteiger partial charge in [-0.3, -0.25) is 4.79 Å². The fourth-order valence-electron chi connectivity index (χ4n) is 1.61. The molecule has 0 saturated carbocycles. The normalized spacial score (nSPS) is 12.7. The van der Waals surface area contributed by atoms with Crippen LogP contribution < -0.4 is 5.32 Å². The van der Waals surface area contributed by atoms with Gasteiger partial charge in [-0.2, -0.15) is 0 Å². The van der Waals surface area contributed by atoms with E-state index < -0.39 is 5.97 Å². The van der Waals surface area contributed by atoms with Gasteiger partial charge in [-0.25, -0.2) is 0 Å². The molecule has 0 fully saturated rings. The third kappa shape index (κ3) is 9.42. The zero-order valence-electron chi connectivity index (χ0n) is 12.5. The Kier molecular flexibility index (Phi) is 7.48. The fourth-order valence-corrected chi connectivity index (χ4v) is 1.61. The number of carboxylic acid groups (broad SMARTS) is 1. The highest BCUT2D eigenvalue weighted by molar-refractivity contribution is 5.66. The summed E-state index contributed by atoms with van der Waals surface area (Å²) in [6.07, 6.45) is 2.95. The molecule has 108 valence electrons. The lowest BCUT2D eigenvalue weighted by Gasteiger charge is -2.25. The van der Waals surface area contributed by atoms with Gasteiger partial charge >= 0.3 is 5.97 Å². The highest BCUT2D eigenvalue weighted by Crippen LogP contribution is 2.26. The van der Waals surface area contributed by atoms with Crippen LogP contribution in [0.5, 0.6) is 0 Å². The molecule has 0 aromatic rings. The highest BCUT2D eigenvalue weighted by Gasteiger charge is 2.19. The molecule has 0 amide bonds. The molecule has 18 heavy (non-hydrogen) atoms. The van der Waals surface area contributed by atoms with Crippen molar-refractivity contribution in [3.63, 3.8) is 0 Å². The van der Waals surface area contributed by atoms with Gasteiger partial charge in [0.25, 0.3) is 0 Å². The highest BCUT2D eigenvalue weighted by atomic mass is 16.5. The Balaban J connectivity index is 3.67. The van der Waals surface area contributed by atoms with Crippen molar-refractivity contribution >= 4 is 5.97 Å². The number of ether oxygens (including phenoxy) is 1. The Morgan fingerprint density at radius 2 is 1.67 bits per heavy atom. The number of hydrogen-bond donors (Lipinski definition) is 2. The van der Waals surface area contributed by atoms with Crippen molar-refractivity contribution < 1.29 is 14.6 Å². The van der Waals surface area contributed by atoms with Gasteiger partial charge in [0.15, 0.2) is 0 Å². The molecule has 0 aliphatic heterocycles.